The zero-order valence-corrected chi connectivity index (χ0v) is 10.3. The number of amidine groups is 1. The Balaban J connectivity index is 2.17. The van der Waals surface area contributed by atoms with Crippen LogP contribution in [0.3, 0.4) is 0 Å². The van der Waals surface area contributed by atoms with E-state index in [1.54, 1.807) is 12.1 Å². The molecule has 0 aliphatic carbocycles. The van der Waals surface area contributed by atoms with Gasteiger partial charge in [0.1, 0.15) is 0 Å². The van der Waals surface area contributed by atoms with Crippen LogP contribution in [0, 0.1) is 0 Å². The van der Waals surface area contributed by atoms with E-state index < -0.39 is 11.9 Å². The quantitative estimate of drug-likeness (QED) is 0.744. The van der Waals surface area contributed by atoms with Crippen LogP contribution in [0.15, 0.2) is 29.4 Å². The Kier molecular flexibility index (Phi) is 3.52. The van der Waals surface area contributed by atoms with Crippen molar-refractivity contribution in [3.05, 3.63) is 35.4 Å². The molecule has 2 rings (SSSR count). The Morgan fingerprint density at radius 2 is 2.06 bits per heavy atom. The van der Waals surface area contributed by atoms with E-state index >= 15 is 0 Å². The number of carbonyl (C=O) groups excluding carboxylic acids is 1. The van der Waals surface area contributed by atoms with Crippen LogP contribution in [-0.4, -0.2) is 27.5 Å². The fourth-order valence-corrected chi connectivity index (χ4v) is 2.16. The van der Waals surface area contributed by atoms with Gasteiger partial charge in [-0.05, 0) is 19.1 Å². The number of nitrogens with zero attached hydrogens (tertiary/aromatic N) is 1. The van der Waals surface area contributed by atoms with Gasteiger partial charge < -0.3 is 5.11 Å². The van der Waals surface area contributed by atoms with Crippen LogP contribution < -0.4 is 10.7 Å². The largest absolute Gasteiger partial charge is 0.478 e. The number of aromatic carboxylic acids is 1. The van der Waals surface area contributed by atoms with Gasteiger partial charge in [-0.25, -0.2) is 4.79 Å². The second-order valence-corrected chi connectivity index (χ2v) is 4.94. The lowest BCUT2D eigenvalue weighted by Crippen LogP contribution is -2.29. The molecule has 18 heavy (non-hydrogen) atoms. The topological polar surface area (TPSA) is 90.8 Å². The molecular formula is C11H11N3O3S. The Hall–Kier alpha value is -2.02. The van der Waals surface area contributed by atoms with Crippen molar-refractivity contribution in [1.82, 2.24) is 10.7 Å². The van der Waals surface area contributed by atoms with Crippen molar-refractivity contribution >= 4 is 28.8 Å². The summed E-state index contributed by atoms with van der Waals surface area (Å²) in [5, 5.41) is 16.0. The minimum atomic E-state index is -1.13. The summed E-state index contributed by atoms with van der Waals surface area (Å²) in [5.41, 5.74) is 2.87. The Morgan fingerprint density at radius 3 is 2.61 bits per heavy atom. The Labute approximate surface area is 107 Å². The fourth-order valence-electron chi connectivity index (χ4n) is 1.46. The van der Waals surface area contributed by atoms with E-state index in [2.05, 4.69) is 15.8 Å². The maximum absolute atomic E-state index is 11.9. The first-order valence-electron chi connectivity index (χ1n) is 5.21. The van der Waals surface area contributed by atoms with E-state index in [0.29, 0.717) is 5.17 Å². The summed E-state index contributed by atoms with van der Waals surface area (Å²) < 4.78 is 0. The molecule has 0 aromatic heterocycles. The number of carbonyl (C=O) groups is 2. The standard InChI is InChI=1S/C11H11N3O3S/c1-6-13-14-11(18-6)12-9(15)7-4-2-3-5-8(7)10(16)17/h2-6,13H,1H3,(H,16,17)(H,12,14,15). The number of amides is 1. The molecule has 0 saturated heterocycles. The molecule has 1 aliphatic rings. The summed E-state index contributed by atoms with van der Waals surface area (Å²) >= 11 is 1.36. The second kappa shape index (κ2) is 5.09. The molecule has 1 amide bonds. The molecule has 1 unspecified atom stereocenters. The smallest absolute Gasteiger partial charge is 0.336 e. The van der Waals surface area contributed by atoms with Gasteiger partial charge in [0.2, 0.25) is 0 Å². The van der Waals surface area contributed by atoms with E-state index in [1.165, 1.54) is 23.9 Å². The van der Waals surface area contributed by atoms with Crippen LogP contribution in [0.2, 0.25) is 0 Å². The summed E-state index contributed by atoms with van der Waals surface area (Å²) in [4.78, 5) is 22.9. The first-order valence-corrected chi connectivity index (χ1v) is 6.09. The minimum absolute atomic E-state index is 0.0281. The van der Waals surface area contributed by atoms with Gasteiger partial charge in [0.25, 0.3) is 5.91 Å². The molecule has 0 spiro atoms. The van der Waals surface area contributed by atoms with E-state index in [9.17, 15) is 9.59 Å². The number of carboxylic acid groups (broad SMARTS) is 1. The summed E-state index contributed by atoms with van der Waals surface area (Å²) in [6.07, 6.45) is 0. The molecule has 94 valence electrons. The molecule has 1 heterocycles. The number of hydrogen-bond acceptors (Lipinski definition) is 5. The molecule has 7 heteroatoms. The lowest BCUT2D eigenvalue weighted by Gasteiger charge is -2.06. The predicted molar refractivity (Wildman–Crippen MR) is 68.5 cm³/mol. The third-order valence-electron chi connectivity index (χ3n) is 2.26. The van der Waals surface area contributed by atoms with Gasteiger partial charge in [0.05, 0.1) is 16.5 Å². The van der Waals surface area contributed by atoms with Gasteiger partial charge in [0.15, 0.2) is 5.17 Å². The number of benzene rings is 1. The van der Waals surface area contributed by atoms with Crippen LogP contribution >= 0.6 is 11.8 Å². The average molecular weight is 265 g/mol. The monoisotopic (exact) mass is 265 g/mol. The van der Waals surface area contributed by atoms with Crippen LogP contribution in [0.1, 0.15) is 27.6 Å². The SMILES string of the molecule is CC1NN=C(NC(=O)c2ccccc2C(=O)O)S1. The zero-order valence-electron chi connectivity index (χ0n) is 9.51. The number of thioether (sulfide) groups is 1. The minimum Gasteiger partial charge on any atom is -0.478 e. The number of hydrazone groups is 1. The van der Waals surface area contributed by atoms with Crippen LogP contribution in [0.5, 0.6) is 0 Å². The molecule has 1 atom stereocenters. The summed E-state index contributed by atoms with van der Waals surface area (Å²) in [7, 11) is 0. The van der Waals surface area contributed by atoms with Gasteiger partial charge in [-0.3, -0.25) is 15.5 Å². The fraction of sp³-hybridized carbons (Fsp3) is 0.182. The predicted octanol–water partition coefficient (Wildman–Crippen LogP) is 1.07. The first kappa shape index (κ1) is 12.4. The highest BCUT2D eigenvalue weighted by molar-refractivity contribution is 8.14. The molecule has 0 bridgehead atoms. The van der Waals surface area contributed by atoms with E-state index in [4.69, 9.17) is 5.11 Å². The lowest BCUT2D eigenvalue weighted by molar-refractivity contribution is 0.0691. The molecule has 3 N–H and O–H groups in total. The average Bonchev–Trinajstić information content (AvgIpc) is 2.74. The van der Waals surface area contributed by atoms with Crippen molar-refractivity contribution < 1.29 is 14.7 Å². The number of hydrogen-bond donors (Lipinski definition) is 3. The lowest BCUT2D eigenvalue weighted by atomic mass is 10.1. The van der Waals surface area contributed by atoms with Gasteiger partial charge in [-0.2, -0.15) is 5.10 Å². The van der Waals surface area contributed by atoms with Gasteiger partial charge in [-0.1, -0.05) is 23.9 Å². The zero-order chi connectivity index (χ0) is 13.1. The van der Waals surface area contributed by atoms with E-state index in [1.807, 2.05) is 6.92 Å². The Morgan fingerprint density at radius 1 is 1.39 bits per heavy atom. The van der Waals surface area contributed by atoms with Crippen LogP contribution in [0.4, 0.5) is 0 Å². The summed E-state index contributed by atoms with van der Waals surface area (Å²) in [6.45, 7) is 1.90. The number of rotatable bonds is 2. The molecule has 1 aromatic rings. The number of carboxylic acids is 1. The second-order valence-electron chi connectivity index (χ2n) is 3.61. The van der Waals surface area contributed by atoms with Crippen molar-refractivity contribution in [1.29, 1.82) is 0 Å². The third kappa shape index (κ3) is 2.62. The van der Waals surface area contributed by atoms with Gasteiger partial charge in [-0.15, -0.1) is 0 Å². The van der Waals surface area contributed by atoms with Crippen molar-refractivity contribution in [3.63, 3.8) is 0 Å². The maximum Gasteiger partial charge on any atom is 0.336 e. The highest BCUT2D eigenvalue weighted by Crippen LogP contribution is 2.15. The van der Waals surface area contributed by atoms with E-state index in [0.717, 1.165) is 0 Å². The molecular weight excluding hydrogens is 254 g/mol. The molecule has 6 nitrogen and oxygen atoms in total. The summed E-state index contributed by atoms with van der Waals surface area (Å²) in [6, 6.07) is 6.05. The maximum atomic E-state index is 11.9. The number of nitrogens with one attached hydrogen (secondary N) is 2. The molecule has 1 aliphatic heterocycles. The highest BCUT2D eigenvalue weighted by Gasteiger charge is 2.20. The van der Waals surface area contributed by atoms with Crippen LogP contribution in [0.25, 0.3) is 0 Å². The van der Waals surface area contributed by atoms with Crippen LogP contribution in [-0.2, 0) is 0 Å². The first-order chi connectivity index (χ1) is 8.58. The Bertz CT molecular complexity index is 530. The molecule has 0 saturated carbocycles. The normalized spacial score (nSPS) is 17.8. The molecule has 0 fully saturated rings. The van der Waals surface area contributed by atoms with Gasteiger partial charge in [0, 0.05) is 0 Å². The highest BCUT2D eigenvalue weighted by atomic mass is 32.2. The van der Waals surface area contributed by atoms with E-state index in [-0.39, 0.29) is 16.5 Å². The molecule has 0 radical (unpaired) electrons. The van der Waals surface area contributed by atoms with Gasteiger partial charge >= 0.3 is 5.97 Å². The molecule has 1 aromatic carbocycles. The van der Waals surface area contributed by atoms with Crippen molar-refractivity contribution in [2.24, 2.45) is 5.10 Å². The summed E-state index contributed by atoms with van der Waals surface area (Å²) in [5.74, 6) is -1.61. The van der Waals surface area contributed by atoms with Crippen molar-refractivity contribution in [3.8, 4) is 0 Å². The van der Waals surface area contributed by atoms with Crippen molar-refractivity contribution in [2.45, 2.75) is 12.3 Å². The third-order valence-corrected chi connectivity index (χ3v) is 3.13. The van der Waals surface area contributed by atoms with Crippen molar-refractivity contribution in [2.75, 3.05) is 0 Å².